The van der Waals surface area contributed by atoms with Crippen LogP contribution < -0.4 is 9.64 Å². The molecular formula is C23H24N2O9. The molecule has 1 fully saturated rings. The Bertz CT molecular complexity index is 1060. The Morgan fingerprint density at radius 1 is 1.09 bits per heavy atom. The fraction of sp³-hybridized carbons (Fsp3) is 0.348. The van der Waals surface area contributed by atoms with Gasteiger partial charge in [0.15, 0.2) is 0 Å². The quantitative estimate of drug-likeness (QED) is 0.248. The third kappa shape index (κ3) is 6.44. The SMILES string of the molecule is CCOC(=O)OC1CCN(c2cc(Oc3ccc(CC(=O)C(=O)O)cc3)ccc2[N+](=O)[O-])CC1. The van der Waals surface area contributed by atoms with Gasteiger partial charge in [-0.05, 0) is 30.7 Å². The minimum atomic E-state index is -1.49. The number of carbonyl (C=O) groups is 3. The molecule has 2 aromatic carbocycles. The van der Waals surface area contributed by atoms with Crippen LogP contribution in [0.4, 0.5) is 16.2 Å². The standard InChI is InChI=1S/C23H24N2O9/c1-2-32-23(29)34-17-9-11-24(12-10-17)20-14-18(7-8-19(20)25(30)31)33-16-5-3-15(4-6-16)13-21(26)22(27)28/h3-8,14,17H,2,9-13H2,1H3,(H,27,28). The van der Waals surface area contributed by atoms with Crippen molar-refractivity contribution in [3.63, 3.8) is 0 Å². The summed E-state index contributed by atoms with van der Waals surface area (Å²) >= 11 is 0. The average molecular weight is 472 g/mol. The summed E-state index contributed by atoms with van der Waals surface area (Å²) in [5.41, 5.74) is 0.845. The summed E-state index contributed by atoms with van der Waals surface area (Å²) in [6, 6.07) is 10.8. The van der Waals surface area contributed by atoms with Crippen molar-refractivity contribution in [2.75, 3.05) is 24.6 Å². The van der Waals surface area contributed by atoms with Crippen molar-refractivity contribution in [1.29, 1.82) is 0 Å². The molecule has 11 heteroatoms. The van der Waals surface area contributed by atoms with Gasteiger partial charge < -0.3 is 24.2 Å². The zero-order valence-electron chi connectivity index (χ0n) is 18.5. The first-order valence-corrected chi connectivity index (χ1v) is 10.7. The second-order valence-electron chi connectivity index (χ2n) is 7.55. The van der Waals surface area contributed by atoms with E-state index >= 15 is 0 Å². The number of anilines is 1. The van der Waals surface area contributed by atoms with E-state index in [1.54, 1.807) is 37.3 Å². The zero-order chi connectivity index (χ0) is 24.7. The molecule has 2 aromatic rings. The Hall–Kier alpha value is -4.15. The van der Waals surface area contributed by atoms with E-state index in [1.807, 2.05) is 4.90 Å². The Kier molecular flexibility index (Phi) is 8.01. The fourth-order valence-corrected chi connectivity index (χ4v) is 3.55. The minimum Gasteiger partial charge on any atom is -0.475 e. The molecule has 1 N–H and O–H groups in total. The Labute approximate surface area is 195 Å². The second-order valence-corrected chi connectivity index (χ2v) is 7.55. The summed E-state index contributed by atoms with van der Waals surface area (Å²) in [6.45, 7) is 2.80. The number of carboxylic acids is 1. The lowest BCUT2D eigenvalue weighted by atomic mass is 10.1. The van der Waals surface area contributed by atoms with Gasteiger partial charge in [-0.1, -0.05) is 12.1 Å². The second kappa shape index (κ2) is 11.1. The van der Waals surface area contributed by atoms with Crippen LogP contribution >= 0.6 is 0 Å². The molecule has 0 amide bonds. The topological polar surface area (TPSA) is 146 Å². The van der Waals surface area contributed by atoms with E-state index in [1.165, 1.54) is 12.1 Å². The van der Waals surface area contributed by atoms with E-state index in [2.05, 4.69) is 0 Å². The van der Waals surface area contributed by atoms with Crippen LogP contribution in [0.1, 0.15) is 25.3 Å². The molecule has 0 unspecified atom stereocenters. The molecule has 11 nitrogen and oxygen atoms in total. The van der Waals surface area contributed by atoms with E-state index < -0.39 is 22.8 Å². The third-order valence-electron chi connectivity index (χ3n) is 5.21. The monoisotopic (exact) mass is 472 g/mol. The average Bonchev–Trinajstić information content (AvgIpc) is 2.80. The summed E-state index contributed by atoms with van der Waals surface area (Å²) in [6.07, 6.45) is -0.275. The molecule has 1 saturated heterocycles. The number of aliphatic carboxylic acids is 1. The first-order chi connectivity index (χ1) is 16.3. The van der Waals surface area contributed by atoms with Crippen LogP contribution in [0.3, 0.4) is 0 Å². The van der Waals surface area contributed by atoms with Gasteiger partial charge in [-0.15, -0.1) is 0 Å². The number of hydrogen-bond acceptors (Lipinski definition) is 9. The molecular weight excluding hydrogens is 448 g/mol. The van der Waals surface area contributed by atoms with Crippen molar-refractivity contribution in [2.24, 2.45) is 0 Å². The van der Waals surface area contributed by atoms with Gasteiger partial charge in [0.2, 0.25) is 5.78 Å². The van der Waals surface area contributed by atoms with Crippen molar-refractivity contribution >= 4 is 29.3 Å². The van der Waals surface area contributed by atoms with E-state index in [9.17, 15) is 24.5 Å². The van der Waals surface area contributed by atoms with Crippen LogP contribution in [0.25, 0.3) is 0 Å². The predicted molar refractivity (Wildman–Crippen MR) is 119 cm³/mol. The summed E-state index contributed by atoms with van der Waals surface area (Å²) in [4.78, 5) is 46.5. The highest BCUT2D eigenvalue weighted by molar-refractivity contribution is 6.33. The zero-order valence-corrected chi connectivity index (χ0v) is 18.5. The number of nitro benzene ring substituents is 1. The highest BCUT2D eigenvalue weighted by atomic mass is 16.7. The molecule has 0 aliphatic carbocycles. The number of ether oxygens (including phenoxy) is 3. The van der Waals surface area contributed by atoms with E-state index in [0.717, 1.165) is 0 Å². The number of nitrogens with zero attached hydrogens (tertiary/aromatic N) is 2. The minimum absolute atomic E-state index is 0.0698. The van der Waals surface area contributed by atoms with Gasteiger partial charge in [-0.25, -0.2) is 9.59 Å². The first-order valence-electron chi connectivity index (χ1n) is 10.7. The first kappa shape index (κ1) is 24.5. The number of nitro groups is 1. The van der Waals surface area contributed by atoms with Crippen molar-refractivity contribution in [2.45, 2.75) is 32.3 Å². The van der Waals surface area contributed by atoms with Crippen molar-refractivity contribution in [1.82, 2.24) is 0 Å². The van der Waals surface area contributed by atoms with Crippen LogP contribution in [0.15, 0.2) is 42.5 Å². The van der Waals surface area contributed by atoms with Crippen molar-refractivity contribution in [3.05, 3.63) is 58.1 Å². The third-order valence-corrected chi connectivity index (χ3v) is 5.21. The molecule has 0 spiro atoms. The van der Waals surface area contributed by atoms with Crippen LogP contribution in [-0.2, 0) is 25.5 Å². The number of benzene rings is 2. The molecule has 1 aliphatic heterocycles. The lowest BCUT2D eigenvalue weighted by Crippen LogP contribution is -2.38. The van der Waals surface area contributed by atoms with E-state index in [0.29, 0.717) is 48.7 Å². The maximum atomic E-state index is 11.6. The summed E-state index contributed by atoms with van der Waals surface area (Å²) in [5, 5.41) is 20.3. The molecule has 1 aliphatic rings. The number of piperidine rings is 1. The van der Waals surface area contributed by atoms with E-state index in [-0.39, 0.29) is 24.8 Å². The lowest BCUT2D eigenvalue weighted by Gasteiger charge is -2.32. The molecule has 0 aromatic heterocycles. The predicted octanol–water partition coefficient (Wildman–Crippen LogP) is 3.73. The van der Waals surface area contributed by atoms with Crippen LogP contribution in [0.5, 0.6) is 11.5 Å². The molecule has 0 radical (unpaired) electrons. The number of rotatable bonds is 9. The lowest BCUT2D eigenvalue weighted by molar-refractivity contribution is -0.384. The summed E-state index contributed by atoms with van der Waals surface area (Å²) in [5.74, 6) is -1.60. The van der Waals surface area contributed by atoms with Crippen LogP contribution in [-0.4, -0.2) is 53.7 Å². The number of hydrogen-bond donors (Lipinski definition) is 1. The summed E-state index contributed by atoms with van der Waals surface area (Å²) in [7, 11) is 0. The Morgan fingerprint density at radius 2 is 1.74 bits per heavy atom. The maximum absolute atomic E-state index is 11.6. The van der Waals surface area contributed by atoms with E-state index in [4.69, 9.17) is 19.3 Å². The van der Waals surface area contributed by atoms with Crippen molar-refractivity contribution < 1.29 is 38.6 Å². The molecule has 0 atom stereocenters. The smallest absolute Gasteiger partial charge is 0.475 e. The number of ketones is 1. The molecule has 1 heterocycles. The number of Topliss-reactive ketones (excluding diaryl/α,β-unsaturated/α-hetero) is 1. The Morgan fingerprint density at radius 3 is 2.32 bits per heavy atom. The van der Waals surface area contributed by atoms with Gasteiger partial charge in [-0.3, -0.25) is 14.9 Å². The summed E-state index contributed by atoms with van der Waals surface area (Å²) < 4.78 is 15.9. The van der Waals surface area contributed by atoms with Crippen molar-refractivity contribution in [3.8, 4) is 11.5 Å². The molecule has 0 bridgehead atoms. The largest absolute Gasteiger partial charge is 0.508 e. The molecule has 34 heavy (non-hydrogen) atoms. The molecule has 3 rings (SSSR count). The van der Waals surface area contributed by atoms with Crippen LogP contribution in [0, 0.1) is 10.1 Å². The van der Waals surface area contributed by atoms with Gasteiger partial charge in [0.1, 0.15) is 23.3 Å². The van der Waals surface area contributed by atoms with Gasteiger partial charge in [0.25, 0.3) is 5.69 Å². The Balaban J connectivity index is 1.69. The maximum Gasteiger partial charge on any atom is 0.508 e. The van der Waals surface area contributed by atoms with Gasteiger partial charge in [0.05, 0.1) is 11.5 Å². The number of carboxylic acid groups (broad SMARTS) is 1. The van der Waals surface area contributed by atoms with Gasteiger partial charge in [-0.2, -0.15) is 0 Å². The highest BCUT2D eigenvalue weighted by Gasteiger charge is 2.27. The fourth-order valence-electron chi connectivity index (χ4n) is 3.55. The normalized spacial score (nSPS) is 13.7. The molecule has 180 valence electrons. The van der Waals surface area contributed by atoms with Crippen LogP contribution in [0.2, 0.25) is 0 Å². The van der Waals surface area contributed by atoms with Gasteiger partial charge in [0, 0.05) is 44.5 Å². The highest BCUT2D eigenvalue weighted by Crippen LogP contribution is 2.35. The van der Waals surface area contributed by atoms with Gasteiger partial charge >= 0.3 is 12.1 Å². The molecule has 0 saturated carbocycles. The number of carbonyl (C=O) groups excluding carboxylic acids is 2.